The first kappa shape index (κ1) is 14.8. The molecule has 0 aliphatic carbocycles. The van der Waals surface area contributed by atoms with E-state index in [9.17, 15) is 0 Å². The molecular weight excluding hydrogens is 295 g/mol. The first-order valence-corrected chi connectivity index (χ1v) is 7.01. The highest BCUT2D eigenvalue weighted by Gasteiger charge is 1.99. The molecule has 0 aliphatic rings. The third kappa shape index (κ3) is 4.22. The van der Waals surface area contributed by atoms with Crippen molar-refractivity contribution < 1.29 is 4.74 Å². The van der Waals surface area contributed by atoms with E-state index in [-0.39, 0.29) is 0 Å². The summed E-state index contributed by atoms with van der Waals surface area (Å²) < 4.78 is 5.17. The van der Waals surface area contributed by atoms with Crippen LogP contribution in [0.3, 0.4) is 0 Å². The molecule has 0 fully saturated rings. The molecule has 0 amide bonds. The topological polar surface area (TPSA) is 33.3 Å². The van der Waals surface area contributed by atoms with Crippen molar-refractivity contribution in [2.45, 2.75) is 0 Å². The molecule has 2 rings (SSSR count). The highest BCUT2D eigenvalue weighted by molar-refractivity contribution is 6.42. The minimum absolute atomic E-state index is 0.553. The maximum atomic E-state index is 5.95. The van der Waals surface area contributed by atoms with Gasteiger partial charge in [-0.3, -0.25) is 0 Å². The van der Waals surface area contributed by atoms with Gasteiger partial charge in [0.25, 0.3) is 0 Å². The number of hydrogen-bond acceptors (Lipinski definition) is 3. The van der Waals surface area contributed by atoms with Gasteiger partial charge in [-0.05, 0) is 30.3 Å². The summed E-state index contributed by atoms with van der Waals surface area (Å²) in [6, 6.07) is 13.3. The first-order chi connectivity index (χ1) is 9.69. The van der Waals surface area contributed by atoms with Gasteiger partial charge in [-0.25, -0.2) is 0 Å². The predicted molar refractivity (Wildman–Crippen MR) is 86.4 cm³/mol. The zero-order valence-electron chi connectivity index (χ0n) is 11.1. The SMILES string of the molecule is COc1cccc(NCCNc2ccc(Cl)c(Cl)c2)c1. The van der Waals surface area contributed by atoms with Gasteiger partial charge in [0.1, 0.15) is 5.75 Å². The maximum Gasteiger partial charge on any atom is 0.120 e. The van der Waals surface area contributed by atoms with Gasteiger partial charge in [-0.15, -0.1) is 0 Å². The van der Waals surface area contributed by atoms with Crippen LogP contribution in [-0.2, 0) is 0 Å². The highest BCUT2D eigenvalue weighted by Crippen LogP contribution is 2.24. The van der Waals surface area contributed by atoms with Crippen molar-refractivity contribution in [3.63, 3.8) is 0 Å². The lowest BCUT2D eigenvalue weighted by molar-refractivity contribution is 0.415. The highest BCUT2D eigenvalue weighted by atomic mass is 35.5. The lowest BCUT2D eigenvalue weighted by atomic mass is 10.3. The number of methoxy groups -OCH3 is 1. The number of rotatable bonds is 6. The van der Waals surface area contributed by atoms with Gasteiger partial charge in [0.2, 0.25) is 0 Å². The molecule has 2 aromatic rings. The van der Waals surface area contributed by atoms with E-state index in [1.54, 1.807) is 13.2 Å². The quantitative estimate of drug-likeness (QED) is 0.769. The molecule has 0 aliphatic heterocycles. The fraction of sp³-hybridized carbons (Fsp3) is 0.200. The van der Waals surface area contributed by atoms with E-state index >= 15 is 0 Å². The first-order valence-electron chi connectivity index (χ1n) is 6.26. The molecule has 0 aromatic heterocycles. The largest absolute Gasteiger partial charge is 0.497 e. The number of anilines is 2. The van der Waals surface area contributed by atoms with Crippen molar-refractivity contribution in [2.75, 3.05) is 30.8 Å². The van der Waals surface area contributed by atoms with Crippen LogP contribution in [0.2, 0.25) is 10.0 Å². The Kier molecular flexibility index (Phi) is 5.39. The summed E-state index contributed by atoms with van der Waals surface area (Å²) in [7, 11) is 1.66. The van der Waals surface area contributed by atoms with Crippen molar-refractivity contribution in [3.05, 3.63) is 52.5 Å². The Bertz CT molecular complexity index is 576. The Morgan fingerprint density at radius 3 is 2.25 bits per heavy atom. The molecule has 2 aromatic carbocycles. The monoisotopic (exact) mass is 310 g/mol. The van der Waals surface area contributed by atoms with E-state index in [0.29, 0.717) is 10.0 Å². The lowest BCUT2D eigenvalue weighted by Gasteiger charge is -2.10. The average molecular weight is 311 g/mol. The molecule has 0 heterocycles. The van der Waals surface area contributed by atoms with Crippen molar-refractivity contribution in [3.8, 4) is 5.75 Å². The standard InChI is InChI=1S/C15H16Cl2N2O/c1-20-13-4-2-3-11(9-13)18-7-8-19-12-5-6-14(16)15(17)10-12/h2-6,9-10,18-19H,7-8H2,1H3. The van der Waals surface area contributed by atoms with E-state index in [2.05, 4.69) is 10.6 Å². The molecule has 0 radical (unpaired) electrons. The molecular formula is C15H16Cl2N2O. The van der Waals surface area contributed by atoms with Gasteiger partial charge < -0.3 is 15.4 Å². The van der Waals surface area contributed by atoms with Gasteiger partial charge in [-0.1, -0.05) is 29.3 Å². The van der Waals surface area contributed by atoms with Crippen LogP contribution in [0.4, 0.5) is 11.4 Å². The summed E-state index contributed by atoms with van der Waals surface area (Å²) in [5.74, 6) is 0.840. The molecule has 0 unspecified atom stereocenters. The summed E-state index contributed by atoms with van der Waals surface area (Å²) in [4.78, 5) is 0. The average Bonchev–Trinajstić information content (AvgIpc) is 2.47. The summed E-state index contributed by atoms with van der Waals surface area (Å²) in [6.07, 6.45) is 0. The van der Waals surface area contributed by atoms with Crippen molar-refractivity contribution >= 4 is 34.6 Å². The van der Waals surface area contributed by atoms with Crippen molar-refractivity contribution in [1.82, 2.24) is 0 Å². The van der Waals surface area contributed by atoms with Gasteiger partial charge >= 0.3 is 0 Å². The van der Waals surface area contributed by atoms with Crippen LogP contribution < -0.4 is 15.4 Å². The molecule has 20 heavy (non-hydrogen) atoms. The van der Waals surface area contributed by atoms with E-state index in [4.69, 9.17) is 27.9 Å². The Balaban J connectivity index is 1.79. The van der Waals surface area contributed by atoms with E-state index in [1.165, 1.54) is 0 Å². The number of ether oxygens (including phenoxy) is 1. The Hall–Kier alpha value is -1.58. The fourth-order valence-electron chi connectivity index (χ4n) is 1.75. The minimum atomic E-state index is 0.553. The second kappa shape index (κ2) is 7.27. The molecule has 0 bridgehead atoms. The van der Waals surface area contributed by atoms with Crippen LogP contribution in [0.25, 0.3) is 0 Å². The third-order valence-corrected chi connectivity index (χ3v) is 3.51. The molecule has 2 N–H and O–H groups in total. The molecule has 0 atom stereocenters. The van der Waals surface area contributed by atoms with Gasteiger partial charge in [0.05, 0.1) is 17.2 Å². The molecule has 5 heteroatoms. The number of hydrogen-bond donors (Lipinski definition) is 2. The maximum absolute atomic E-state index is 5.95. The van der Waals surface area contributed by atoms with Crippen LogP contribution in [0.15, 0.2) is 42.5 Å². The Morgan fingerprint density at radius 1 is 0.900 bits per heavy atom. The van der Waals surface area contributed by atoms with Gasteiger partial charge in [0.15, 0.2) is 0 Å². The summed E-state index contributed by atoms with van der Waals surface area (Å²) in [6.45, 7) is 1.56. The van der Waals surface area contributed by atoms with Crippen LogP contribution in [-0.4, -0.2) is 20.2 Å². The van der Waals surface area contributed by atoms with Crippen LogP contribution >= 0.6 is 23.2 Å². The summed E-state index contributed by atoms with van der Waals surface area (Å²) >= 11 is 11.8. The molecule has 0 saturated heterocycles. The minimum Gasteiger partial charge on any atom is -0.497 e. The zero-order valence-corrected chi connectivity index (χ0v) is 12.6. The number of halogens is 2. The predicted octanol–water partition coefficient (Wildman–Crippen LogP) is 4.53. The number of benzene rings is 2. The van der Waals surface area contributed by atoms with Crippen LogP contribution in [0, 0.1) is 0 Å². The van der Waals surface area contributed by atoms with Gasteiger partial charge in [0, 0.05) is 30.5 Å². The molecule has 106 valence electrons. The lowest BCUT2D eigenvalue weighted by Crippen LogP contribution is -2.13. The Morgan fingerprint density at radius 2 is 1.60 bits per heavy atom. The van der Waals surface area contributed by atoms with Gasteiger partial charge in [-0.2, -0.15) is 0 Å². The molecule has 0 spiro atoms. The van der Waals surface area contributed by atoms with E-state index in [1.807, 2.05) is 36.4 Å². The van der Waals surface area contributed by atoms with Crippen LogP contribution in [0.1, 0.15) is 0 Å². The second-order valence-electron chi connectivity index (χ2n) is 4.21. The second-order valence-corrected chi connectivity index (χ2v) is 5.03. The van der Waals surface area contributed by atoms with Crippen molar-refractivity contribution in [2.24, 2.45) is 0 Å². The third-order valence-electron chi connectivity index (χ3n) is 2.77. The van der Waals surface area contributed by atoms with Crippen molar-refractivity contribution in [1.29, 1.82) is 0 Å². The molecule has 3 nitrogen and oxygen atoms in total. The van der Waals surface area contributed by atoms with E-state index < -0.39 is 0 Å². The Labute approximate surface area is 128 Å². The summed E-state index contributed by atoms with van der Waals surface area (Å²) in [5.41, 5.74) is 1.98. The fourth-order valence-corrected chi connectivity index (χ4v) is 2.05. The smallest absolute Gasteiger partial charge is 0.120 e. The molecule has 0 saturated carbocycles. The van der Waals surface area contributed by atoms with E-state index in [0.717, 1.165) is 30.2 Å². The normalized spacial score (nSPS) is 10.2. The summed E-state index contributed by atoms with van der Waals surface area (Å²) in [5, 5.41) is 7.70. The van der Waals surface area contributed by atoms with Crippen LogP contribution in [0.5, 0.6) is 5.75 Å². The zero-order chi connectivity index (χ0) is 14.4. The number of nitrogens with one attached hydrogen (secondary N) is 2.